The average molecular weight is 333 g/mol. The molecule has 0 atom stereocenters. The van der Waals surface area contributed by atoms with Crippen LogP contribution in [0.3, 0.4) is 0 Å². The molecule has 0 radical (unpaired) electrons. The summed E-state index contributed by atoms with van der Waals surface area (Å²) in [6, 6.07) is 11.9. The van der Waals surface area contributed by atoms with Gasteiger partial charge in [-0.15, -0.1) is 0 Å². The summed E-state index contributed by atoms with van der Waals surface area (Å²) in [5, 5.41) is 3.90. The zero-order valence-electron chi connectivity index (χ0n) is 11.2. The number of hydrogen-bond donors (Lipinski definition) is 2. The number of aromatic nitrogens is 1. The molecule has 6 heteroatoms. The van der Waals surface area contributed by atoms with Gasteiger partial charge in [-0.2, -0.15) is 0 Å². The minimum Gasteiger partial charge on any atom is -0.360 e. The fraction of sp³-hybridized carbons (Fsp3) is 0. The lowest BCUT2D eigenvalue weighted by atomic mass is 10.1. The Morgan fingerprint density at radius 3 is 2.64 bits per heavy atom. The number of carbonyl (C=O) groups is 2. The van der Waals surface area contributed by atoms with Gasteiger partial charge in [0.05, 0.1) is 16.3 Å². The molecule has 4 nitrogen and oxygen atoms in total. The van der Waals surface area contributed by atoms with Crippen LogP contribution in [0, 0.1) is 0 Å². The van der Waals surface area contributed by atoms with Crippen LogP contribution >= 0.6 is 23.2 Å². The second kappa shape index (κ2) is 5.83. The number of amides is 1. The van der Waals surface area contributed by atoms with Crippen molar-refractivity contribution in [3.8, 4) is 0 Å². The van der Waals surface area contributed by atoms with Gasteiger partial charge < -0.3 is 10.3 Å². The zero-order chi connectivity index (χ0) is 15.7. The maximum absolute atomic E-state index is 12.3. The number of halogens is 2. The van der Waals surface area contributed by atoms with E-state index in [1.165, 1.54) is 12.3 Å². The van der Waals surface area contributed by atoms with E-state index in [0.29, 0.717) is 26.7 Å². The Bertz CT molecular complexity index is 887. The second-order valence-corrected chi connectivity index (χ2v) is 5.50. The standard InChI is InChI=1S/C16H10Cl2N2O2/c17-9-5-6-12(18)14(7-9)20-16(22)15(21)11-8-19-13-4-2-1-3-10(11)13/h1-8,19H,(H,20,22). The molecule has 0 aliphatic heterocycles. The Kier molecular flexibility index (Phi) is 3.88. The maximum Gasteiger partial charge on any atom is 0.296 e. The van der Waals surface area contributed by atoms with Crippen LogP contribution in [0.25, 0.3) is 10.9 Å². The lowest BCUT2D eigenvalue weighted by Crippen LogP contribution is -2.22. The van der Waals surface area contributed by atoms with Crippen molar-refractivity contribution in [1.82, 2.24) is 4.98 Å². The third kappa shape index (κ3) is 2.71. The molecule has 1 aromatic heterocycles. The van der Waals surface area contributed by atoms with Crippen LogP contribution in [0.4, 0.5) is 5.69 Å². The molecule has 0 saturated carbocycles. The number of hydrogen-bond acceptors (Lipinski definition) is 2. The van der Waals surface area contributed by atoms with E-state index in [2.05, 4.69) is 10.3 Å². The molecule has 110 valence electrons. The van der Waals surface area contributed by atoms with Gasteiger partial charge in [-0.25, -0.2) is 0 Å². The first-order valence-corrected chi connectivity index (χ1v) is 7.18. The van der Waals surface area contributed by atoms with E-state index in [4.69, 9.17) is 23.2 Å². The maximum atomic E-state index is 12.3. The molecule has 0 bridgehead atoms. The van der Waals surface area contributed by atoms with E-state index >= 15 is 0 Å². The van der Waals surface area contributed by atoms with Crippen LogP contribution in [0.2, 0.25) is 10.0 Å². The first-order chi connectivity index (χ1) is 10.6. The highest BCUT2D eigenvalue weighted by Crippen LogP contribution is 2.26. The Morgan fingerprint density at radius 2 is 1.82 bits per heavy atom. The molecule has 3 rings (SSSR count). The fourth-order valence-electron chi connectivity index (χ4n) is 2.15. The summed E-state index contributed by atoms with van der Waals surface area (Å²) >= 11 is 11.8. The molecular formula is C16H10Cl2N2O2. The summed E-state index contributed by atoms with van der Waals surface area (Å²) in [5.41, 5.74) is 1.40. The molecule has 1 amide bonds. The second-order valence-electron chi connectivity index (χ2n) is 4.66. The number of aromatic amines is 1. The van der Waals surface area contributed by atoms with E-state index < -0.39 is 11.7 Å². The van der Waals surface area contributed by atoms with E-state index in [9.17, 15) is 9.59 Å². The Labute approximate surface area is 136 Å². The van der Waals surface area contributed by atoms with Crippen molar-refractivity contribution in [2.75, 3.05) is 5.32 Å². The Hall–Kier alpha value is -2.30. The molecule has 0 unspecified atom stereocenters. The molecule has 22 heavy (non-hydrogen) atoms. The number of H-pyrrole nitrogens is 1. The van der Waals surface area contributed by atoms with Crippen molar-refractivity contribution >= 4 is 51.5 Å². The predicted molar refractivity (Wildman–Crippen MR) is 87.7 cm³/mol. The number of Topliss-reactive ketones (excluding diaryl/α,β-unsaturated/α-hetero) is 1. The van der Waals surface area contributed by atoms with Crippen LogP contribution < -0.4 is 5.32 Å². The van der Waals surface area contributed by atoms with Crippen molar-refractivity contribution in [2.24, 2.45) is 0 Å². The van der Waals surface area contributed by atoms with E-state index in [0.717, 1.165) is 5.52 Å². The highest BCUT2D eigenvalue weighted by molar-refractivity contribution is 6.49. The first kappa shape index (κ1) is 14.6. The molecule has 3 aromatic rings. The molecule has 0 fully saturated rings. The third-order valence-electron chi connectivity index (χ3n) is 3.22. The summed E-state index contributed by atoms with van der Waals surface area (Å²) < 4.78 is 0. The highest BCUT2D eigenvalue weighted by atomic mass is 35.5. The number of benzene rings is 2. The fourth-order valence-corrected chi connectivity index (χ4v) is 2.49. The van der Waals surface area contributed by atoms with Crippen molar-refractivity contribution < 1.29 is 9.59 Å². The summed E-state index contributed by atoms with van der Waals surface area (Å²) in [6.07, 6.45) is 1.52. The number of para-hydroxylation sites is 1. The van der Waals surface area contributed by atoms with Gasteiger partial charge in [0.2, 0.25) is 0 Å². The SMILES string of the molecule is O=C(Nc1cc(Cl)ccc1Cl)C(=O)c1c[nH]c2ccccc12. The van der Waals surface area contributed by atoms with Crippen LogP contribution in [0.5, 0.6) is 0 Å². The topological polar surface area (TPSA) is 62.0 Å². The van der Waals surface area contributed by atoms with Crippen molar-refractivity contribution in [1.29, 1.82) is 0 Å². The quantitative estimate of drug-likeness (QED) is 0.555. The monoisotopic (exact) mass is 332 g/mol. The molecule has 0 saturated heterocycles. The lowest BCUT2D eigenvalue weighted by Gasteiger charge is -2.06. The summed E-state index contributed by atoms with van der Waals surface area (Å²) in [6.45, 7) is 0. The number of nitrogens with one attached hydrogen (secondary N) is 2. The van der Waals surface area contributed by atoms with Crippen molar-refractivity contribution in [3.63, 3.8) is 0 Å². The minimum absolute atomic E-state index is 0.298. The molecule has 0 aliphatic rings. The molecule has 1 heterocycles. The predicted octanol–water partition coefficient (Wildman–Crippen LogP) is 4.30. The molecular weight excluding hydrogens is 323 g/mol. The highest BCUT2D eigenvalue weighted by Gasteiger charge is 2.20. The lowest BCUT2D eigenvalue weighted by molar-refractivity contribution is -0.112. The van der Waals surface area contributed by atoms with E-state index in [-0.39, 0.29) is 0 Å². The minimum atomic E-state index is -0.770. The summed E-state index contributed by atoms with van der Waals surface area (Å²) in [7, 11) is 0. The van der Waals surface area contributed by atoms with Crippen molar-refractivity contribution in [3.05, 3.63) is 64.3 Å². The van der Waals surface area contributed by atoms with Crippen LogP contribution in [0.1, 0.15) is 10.4 Å². The van der Waals surface area contributed by atoms with Gasteiger partial charge in [0, 0.05) is 22.1 Å². The molecule has 2 N–H and O–H groups in total. The largest absolute Gasteiger partial charge is 0.360 e. The average Bonchev–Trinajstić information content (AvgIpc) is 2.94. The molecule has 0 spiro atoms. The van der Waals surface area contributed by atoms with Gasteiger partial charge in [0.15, 0.2) is 0 Å². The van der Waals surface area contributed by atoms with Gasteiger partial charge in [-0.3, -0.25) is 9.59 Å². The number of fused-ring (bicyclic) bond motifs is 1. The number of anilines is 1. The van der Waals surface area contributed by atoms with E-state index in [1.54, 1.807) is 24.3 Å². The molecule has 2 aromatic carbocycles. The van der Waals surface area contributed by atoms with E-state index in [1.807, 2.05) is 12.1 Å². The van der Waals surface area contributed by atoms with Gasteiger partial charge in [0.1, 0.15) is 0 Å². The van der Waals surface area contributed by atoms with Crippen molar-refractivity contribution in [2.45, 2.75) is 0 Å². The number of ketones is 1. The molecule has 0 aliphatic carbocycles. The summed E-state index contributed by atoms with van der Waals surface area (Å²) in [5.74, 6) is -1.41. The third-order valence-corrected chi connectivity index (χ3v) is 3.78. The first-order valence-electron chi connectivity index (χ1n) is 6.43. The summed E-state index contributed by atoms with van der Waals surface area (Å²) in [4.78, 5) is 27.4. The number of rotatable bonds is 3. The number of carbonyl (C=O) groups excluding carboxylic acids is 2. The van der Waals surface area contributed by atoms with Crippen LogP contribution in [-0.4, -0.2) is 16.7 Å². The van der Waals surface area contributed by atoms with Gasteiger partial charge >= 0.3 is 0 Å². The smallest absolute Gasteiger partial charge is 0.296 e. The van der Waals surface area contributed by atoms with Gasteiger partial charge in [-0.1, -0.05) is 41.4 Å². The normalized spacial score (nSPS) is 10.6. The zero-order valence-corrected chi connectivity index (χ0v) is 12.7. The Balaban J connectivity index is 1.89. The van der Waals surface area contributed by atoms with Gasteiger partial charge in [-0.05, 0) is 24.3 Å². The van der Waals surface area contributed by atoms with Crippen LogP contribution in [0.15, 0.2) is 48.7 Å². The van der Waals surface area contributed by atoms with Gasteiger partial charge in [0.25, 0.3) is 11.7 Å². The Morgan fingerprint density at radius 1 is 1.05 bits per heavy atom. The van der Waals surface area contributed by atoms with Crippen LogP contribution in [-0.2, 0) is 4.79 Å².